The molecule has 0 spiro atoms. The molecule has 0 saturated heterocycles. The third-order valence-corrected chi connectivity index (χ3v) is 3.66. The van der Waals surface area contributed by atoms with Gasteiger partial charge in [-0.1, -0.05) is 17.7 Å². The fourth-order valence-electron chi connectivity index (χ4n) is 2.53. The number of fused-ring (bicyclic) bond motifs is 3. The maximum atomic E-state index is 12.5. The third kappa shape index (κ3) is 2.14. The SMILES string of the molecule is O=C(N1CCn2c(cc3ccc(Cl)cc32)C1)C(F)(F)F. The molecule has 106 valence electrons. The maximum absolute atomic E-state index is 12.5. The predicted octanol–water partition coefficient (Wildman–Crippen LogP) is 3.20. The standard InChI is InChI=1S/C13H10ClF3N2O/c14-9-2-1-8-5-10-7-18(12(20)13(15,16)17)3-4-19(10)11(8)6-9/h1-2,5-6H,3-4,7H2. The molecule has 1 amide bonds. The van der Waals surface area contributed by atoms with Crippen LogP contribution in [0.15, 0.2) is 24.3 Å². The normalized spacial score (nSPS) is 15.5. The van der Waals surface area contributed by atoms with E-state index >= 15 is 0 Å². The number of carbonyl (C=O) groups excluding carboxylic acids is 1. The van der Waals surface area contributed by atoms with Crippen molar-refractivity contribution in [3.05, 3.63) is 35.0 Å². The van der Waals surface area contributed by atoms with Crippen molar-refractivity contribution in [2.24, 2.45) is 0 Å². The molecule has 0 fully saturated rings. The Labute approximate surface area is 117 Å². The van der Waals surface area contributed by atoms with Crippen LogP contribution in [0.3, 0.4) is 0 Å². The summed E-state index contributed by atoms with van der Waals surface area (Å²) < 4.78 is 39.3. The second-order valence-corrected chi connectivity index (χ2v) is 5.15. The van der Waals surface area contributed by atoms with Crippen molar-refractivity contribution in [2.45, 2.75) is 19.3 Å². The Morgan fingerprint density at radius 2 is 1.95 bits per heavy atom. The van der Waals surface area contributed by atoms with Crippen LogP contribution in [-0.4, -0.2) is 28.1 Å². The Morgan fingerprint density at radius 3 is 2.65 bits per heavy atom. The molecule has 3 rings (SSSR count). The lowest BCUT2D eigenvalue weighted by atomic mass is 10.2. The minimum absolute atomic E-state index is 0.0371. The van der Waals surface area contributed by atoms with E-state index < -0.39 is 12.1 Å². The zero-order valence-corrected chi connectivity index (χ0v) is 11.0. The van der Waals surface area contributed by atoms with E-state index in [9.17, 15) is 18.0 Å². The van der Waals surface area contributed by atoms with Crippen molar-refractivity contribution in [3.63, 3.8) is 0 Å². The lowest BCUT2D eigenvalue weighted by Crippen LogP contribution is -2.44. The van der Waals surface area contributed by atoms with E-state index in [1.807, 2.05) is 10.6 Å². The molecule has 1 aliphatic rings. The van der Waals surface area contributed by atoms with Crippen LogP contribution in [0.5, 0.6) is 0 Å². The first-order chi connectivity index (χ1) is 9.36. The minimum Gasteiger partial charge on any atom is -0.341 e. The number of hydrogen-bond acceptors (Lipinski definition) is 1. The summed E-state index contributed by atoms with van der Waals surface area (Å²) in [4.78, 5) is 12.1. The van der Waals surface area contributed by atoms with E-state index in [1.54, 1.807) is 18.2 Å². The Bertz CT molecular complexity index is 693. The highest BCUT2D eigenvalue weighted by atomic mass is 35.5. The van der Waals surface area contributed by atoms with Gasteiger partial charge >= 0.3 is 12.1 Å². The fourth-order valence-corrected chi connectivity index (χ4v) is 2.69. The highest BCUT2D eigenvalue weighted by Crippen LogP contribution is 2.28. The predicted molar refractivity (Wildman–Crippen MR) is 68.4 cm³/mol. The number of aromatic nitrogens is 1. The van der Waals surface area contributed by atoms with Crippen LogP contribution in [0.4, 0.5) is 13.2 Å². The first-order valence-electron chi connectivity index (χ1n) is 6.00. The highest BCUT2D eigenvalue weighted by Gasteiger charge is 2.43. The monoisotopic (exact) mass is 302 g/mol. The topological polar surface area (TPSA) is 25.2 Å². The first-order valence-corrected chi connectivity index (χ1v) is 6.38. The lowest BCUT2D eigenvalue weighted by molar-refractivity contribution is -0.186. The van der Waals surface area contributed by atoms with Gasteiger partial charge in [-0.05, 0) is 18.2 Å². The number of amides is 1. The van der Waals surface area contributed by atoms with Gasteiger partial charge in [-0.3, -0.25) is 4.79 Å². The zero-order valence-electron chi connectivity index (χ0n) is 10.2. The molecular formula is C13H10ClF3N2O. The van der Waals surface area contributed by atoms with Gasteiger partial charge in [0.05, 0.1) is 6.54 Å². The average molecular weight is 303 g/mol. The van der Waals surface area contributed by atoms with Crippen LogP contribution in [-0.2, 0) is 17.9 Å². The van der Waals surface area contributed by atoms with Crippen molar-refractivity contribution in [3.8, 4) is 0 Å². The summed E-state index contributed by atoms with van der Waals surface area (Å²) in [6.45, 7) is 0.341. The molecule has 0 aliphatic carbocycles. The molecule has 0 radical (unpaired) electrons. The van der Waals surface area contributed by atoms with Crippen LogP contribution < -0.4 is 0 Å². The van der Waals surface area contributed by atoms with E-state index in [1.165, 1.54) is 0 Å². The highest BCUT2D eigenvalue weighted by molar-refractivity contribution is 6.31. The average Bonchev–Trinajstić information content (AvgIpc) is 2.73. The summed E-state index contributed by atoms with van der Waals surface area (Å²) in [6, 6.07) is 7.12. The van der Waals surface area contributed by atoms with Crippen molar-refractivity contribution in [1.29, 1.82) is 0 Å². The van der Waals surface area contributed by atoms with E-state index in [0.29, 0.717) is 17.3 Å². The number of carbonyl (C=O) groups is 1. The molecular weight excluding hydrogens is 293 g/mol. The molecule has 0 bridgehead atoms. The van der Waals surface area contributed by atoms with Gasteiger partial charge in [0.2, 0.25) is 0 Å². The zero-order chi connectivity index (χ0) is 14.5. The van der Waals surface area contributed by atoms with Gasteiger partial charge in [0, 0.05) is 34.7 Å². The van der Waals surface area contributed by atoms with Gasteiger partial charge in [0.15, 0.2) is 0 Å². The summed E-state index contributed by atoms with van der Waals surface area (Å²) in [5, 5.41) is 1.48. The van der Waals surface area contributed by atoms with Gasteiger partial charge in [-0.15, -0.1) is 0 Å². The van der Waals surface area contributed by atoms with Crippen LogP contribution >= 0.6 is 11.6 Å². The summed E-state index contributed by atoms with van der Waals surface area (Å²) in [5.74, 6) is -1.79. The van der Waals surface area contributed by atoms with Crippen LogP contribution in [0.1, 0.15) is 5.69 Å². The third-order valence-electron chi connectivity index (χ3n) is 3.43. The molecule has 2 aromatic rings. The minimum atomic E-state index is -4.82. The molecule has 1 aromatic carbocycles. The molecule has 0 N–H and O–H groups in total. The Kier molecular flexibility index (Phi) is 2.93. The summed E-state index contributed by atoms with van der Waals surface area (Å²) in [7, 11) is 0. The first kappa shape index (κ1) is 13.3. The number of alkyl halides is 3. The number of halogens is 4. The molecule has 2 heterocycles. The van der Waals surface area contributed by atoms with Gasteiger partial charge in [0.1, 0.15) is 0 Å². The van der Waals surface area contributed by atoms with Crippen LogP contribution in [0.25, 0.3) is 10.9 Å². The van der Waals surface area contributed by atoms with Crippen LogP contribution in [0.2, 0.25) is 5.02 Å². The van der Waals surface area contributed by atoms with E-state index in [-0.39, 0.29) is 13.1 Å². The molecule has 1 aliphatic heterocycles. The van der Waals surface area contributed by atoms with Gasteiger partial charge in [-0.25, -0.2) is 0 Å². The quantitative estimate of drug-likeness (QED) is 0.733. The Balaban J connectivity index is 1.96. The molecule has 0 saturated carbocycles. The fraction of sp³-hybridized carbons (Fsp3) is 0.308. The molecule has 20 heavy (non-hydrogen) atoms. The smallest absolute Gasteiger partial charge is 0.341 e. The number of rotatable bonds is 0. The van der Waals surface area contributed by atoms with Gasteiger partial charge < -0.3 is 9.47 Å². The summed E-state index contributed by atoms with van der Waals surface area (Å²) in [5.41, 5.74) is 1.57. The second-order valence-electron chi connectivity index (χ2n) is 4.71. The van der Waals surface area contributed by atoms with Gasteiger partial charge in [-0.2, -0.15) is 13.2 Å². The number of hydrogen-bond donors (Lipinski definition) is 0. The molecule has 0 unspecified atom stereocenters. The molecule has 3 nitrogen and oxygen atoms in total. The van der Waals surface area contributed by atoms with E-state index in [4.69, 9.17) is 11.6 Å². The summed E-state index contributed by atoms with van der Waals surface area (Å²) in [6.07, 6.45) is -4.82. The molecule has 7 heteroatoms. The van der Waals surface area contributed by atoms with Gasteiger partial charge in [0.25, 0.3) is 0 Å². The molecule has 1 aromatic heterocycles. The number of nitrogens with zero attached hydrogens (tertiary/aromatic N) is 2. The van der Waals surface area contributed by atoms with E-state index in [2.05, 4.69) is 0 Å². The van der Waals surface area contributed by atoms with Crippen molar-refractivity contribution >= 4 is 28.4 Å². The maximum Gasteiger partial charge on any atom is 0.471 e. The van der Waals surface area contributed by atoms with Crippen molar-refractivity contribution < 1.29 is 18.0 Å². The summed E-state index contributed by atoms with van der Waals surface area (Å²) >= 11 is 5.93. The van der Waals surface area contributed by atoms with Crippen molar-refractivity contribution in [1.82, 2.24) is 9.47 Å². The van der Waals surface area contributed by atoms with Crippen LogP contribution in [0, 0.1) is 0 Å². The second kappa shape index (κ2) is 4.41. The lowest BCUT2D eigenvalue weighted by Gasteiger charge is -2.29. The Hall–Kier alpha value is -1.69. The number of benzene rings is 1. The van der Waals surface area contributed by atoms with Crippen molar-refractivity contribution in [2.75, 3.05) is 6.54 Å². The largest absolute Gasteiger partial charge is 0.471 e. The molecule has 0 atom stereocenters. The van der Waals surface area contributed by atoms with E-state index in [0.717, 1.165) is 15.8 Å². The Morgan fingerprint density at radius 1 is 1.20 bits per heavy atom.